The summed E-state index contributed by atoms with van der Waals surface area (Å²) in [5.74, 6) is -4.20. The first kappa shape index (κ1) is 35.3. The molecule has 2 aromatic rings. The lowest BCUT2D eigenvalue weighted by Gasteiger charge is -2.42. The number of aliphatic carboxylic acids is 1. The zero-order chi connectivity index (χ0) is 34.7. The van der Waals surface area contributed by atoms with Gasteiger partial charge in [-0.1, -0.05) is 16.5 Å². The van der Waals surface area contributed by atoms with Crippen molar-refractivity contribution in [2.45, 2.75) is 50.2 Å². The fourth-order valence-corrected chi connectivity index (χ4v) is 6.19. The van der Waals surface area contributed by atoms with Crippen LogP contribution in [0.4, 0.5) is 18.3 Å². The number of nitrogens with one attached hydrogen (secondary N) is 4. The van der Waals surface area contributed by atoms with Crippen LogP contribution < -0.4 is 26.4 Å². The van der Waals surface area contributed by atoms with E-state index in [1.54, 1.807) is 12.1 Å². The van der Waals surface area contributed by atoms with Crippen molar-refractivity contribution in [1.82, 2.24) is 25.2 Å². The maximum Gasteiger partial charge on any atom is 0.427 e. The largest absolute Gasteiger partial charge is 0.489 e. The molecule has 0 spiro atoms. The van der Waals surface area contributed by atoms with Crippen LogP contribution in [0.25, 0.3) is 0 Å². The summed E-state index contributed by atoms with van der Waals surface area (Å²) in [7, 11) is -5.00. The van der Waals surface area contributed by atoms with Crippen molar-refractivity contribution in [3.63, 3.8) is 0 Å². The van der Waals surface area contributed by atoms with E-state index in [9.17, 15) is 41.1 Å². The molecule has 2 fully saturated rings. The summed E-state index contributed by atoms with van der Waals surface area (Å²) in [6, 6.07) is 3.12. The van der Waals surface area contributed by atoms with E-state index in [-0.39, 0.29) is 33.3 Å². The summed E-state index contributed by atoms with van der Waals surface area (Å²) in [5, 5.41) is 28.9. The fraction of sp³-hybridized carbons (Fsp3) is 0.440. The number of alkyl halides is 3. The monoisotopic (exact) mass is 706 g/mol. The molecule has 2 saturated heterocycles. The number of amidine groups is 1. The molecular formula is C25H29F3N8O9S2. The molecule has 2 aliphatic rings. The molecule has 0 saturated carbocycles. The highest BCUT2D eigenvalue weighted by molar-refractivity contribution is 7.84. The SMILES string of the molecule is C[C@H]1[C@H](NC(=O)/C(=N\OC(COc2ccc(C(=N)N[C@H]3CCCNC3)cc2)C(=O)O)c2nc(N)sc2C(F)(F)F)C(=O)N1S(=O)(=O)O. The molecule has 17 nitrogen and oxygen atoms in total. The lowest BCUT2D eigenvalue weighted by atomic mass is 10.0. The van der Waals surface area contributed by atoms with E-state index < -0.39 is 80.5 Å². The Morgan fingerprint density at radius 2 is 1.98 bits per heavy atom. The Hall–Kier alpha value is -4.54. The number of thiazole rings is 1. The van der Waals surface area contributed by atoms with E-state index in [0.717, 1.165) is 26.3 Å². The Bertz CT molecular complexity index is 1660. The molecule has 47 heavy (non-hydrogen) atoms. The van der Waals surface area contributed by atoms with Gasteiger partial charge in [-0.05, 0) is 50.6 Å². The van der Waals surface area contributed by atoms with Crippen LogP contribution in [0.2, 0.25) is 0 Å². The summed E-state index contributed by atoms with van der Waals surface area (Å²) in [4.78, 5) is 44.2. The molecule has 0 radical (unpaired) electrons. The summed E-state index contributed by atoms with van der Waals surface area (Å²) in [5.41, 5.74) is 3.59. The van der Waals surface area contributed by atoms with Gasteiger partial charge in [0.1, 0.15) is 34.8 Å². The van der Waals surface area contributed by atoms with Crippen molar-refractivity contribution in [3.8, 4) is 5.75 Å². The number of halogens is 3. The molecule has 1 aromatic heterocycles. The number of rotatable bonds is 12. The third-order valence-corrected chi connectivity index (χ3v) is 8.89. The van der Waals surface area contributed by atoms with Crippen molar-refractivity contribution in [3.05, 3.63) is 40.4 Å². The lowest BCUT2D eigenvalue weighted by Crippen LogP contribution is -2.71. The third-order valence-electron chi connectivity index (χ3n) is 6.95. The second-order valence-corrected chi connectivity index (χ2v) is 12.6. The van der Waals surface area contributed by atoms with Crippen molar-refractivity contribution in [2.24, 2.45) is 5.16 Å². The smallest absolute Gasteiger partial charge is 0.427 e. The zero-order valence-electron chi connectivity index (χ0n) is 24.3. The molecule has 4 rings (SSSR count). The number of nitrogens with zero attached hydrogens (tertiary/aromatic N) is 3. The number of ether oxygens (including phenoxy) is 1. The quantitative estimate of drug-likeness (QED) is 0.0512. The number of aromatic nitrogens is 1. The van der Waals surface area contributed by atoms with Gasteiger partial charge in [-0.2, -0.15) is 21.6 Å². The molecular weight excluding hydrogens is 677 g/mol. The van der Waals surface area contributed by atoms with Gasteiger partial charge in [0.2, 0.25) is 0 Å². The zero-order valence-corrected chi connectivity index (χ0v) is 25.9. The number of amides is 2. The Morgan fingerprint density at radius 3 is 2.53 bits per heavy atom. The van der Waals surface area contributed by atoms with Crippen LogP contribution in [0, 0.1) is 5.41 Å². The van der Waals surface area contributed by atoms with Gasteiger partial charge in [0.05, 0.1) is 6.04 Å². The number of β-lactam (4-membered cyclic amide) rings is 1. The number of hydrogen-bond donors (Lipinski definition) is 7. The van der Waals surface area contributed by atoms with Crippen molar-refractivity contribution in [2.75, 3.05) is 25.4 Å². The van der Waals surface area contributed by atoms with Gasteiger partial charge in [0, 0.05) is 18.2 Å². The lowest BCUT2D eigenvalue weighted by molar-refractivity contribution is -0.152. The van der Waals surface area contributed by atoms with E-state index in [0.29, 0.717) is 12.1 Å². The van der Waals surface area contributed by atoms with Crippen molar-refractivity contribution in [1.29, 1.82) is 5.41 Å². The molecule has 256 valence electrons. The minimum absolute atomic E-state index is 0.0330. The molecule has 4 atom stereocenters. The Kier molecular flexibility index (Phi) is 10.6. The van der Waals surface area contributed by atoms with E-state index in [4.69, 9.17) is 25.3 Å². The number of carbonyl (C=O) groups excluding carboxylic acids is 2. The number of benzene rings is 1. The normalized spacial score (nSPS) is 21.0. The maximum absolute atomic E-state index is 13.8. The van der Waals surface area contributed by atoms with E-state index >= 15 is 0 Å². The summed E-state index contributed by atoms with van der Waals surface area (Å²) >= 11 is -0.0547. The average Bonchev–Trinajstić information content (AvgIpc) is 3.39. The van der Waals surface area contributed by atoms with Crippen LogP contribution in [0.3, 0.4) is 0 Å². The Morgan fingerprint density at radius 1 is 1.30 bits per heavy atom. The molecule has 22 heteroatoms. The summed E-state index contributed by atoms with van der Waals surface area (Å²) in [6.45, 7) is 1.99. The van der Waals surface area contributed by atoms with Gasteiger partial charge in [-0.3, -0.25) is 19.6 Å². The van der Waals surface area contributed by atoms with Gasteiger partial charge in [-0.25, -0.2) is 14.1 Å². The van der Waals surface area contributed by atoms with Crippen LogP contribution in [0.1, 0.15) is 35.9 Å². The number of oxime groups is 1. The summed E-state index contributed by atoms with van der Waals surface area (Å²) < 4.78 is 78.7. The second kappa shape index (κ2) is 14.1. The number of anilines is 1. The standard InChI is InChI=1S/C25H29F3N8O9S2/c1-11-16(22(38)36(11)47(41,42)43)33-21(37)18(17-19(25(26,27)28)46-24(30)34-17)35-45-15(23(39)40)10-44-14-6-4-12(5-7-14)20(29)32-13-3-2-8-31-9-13/h4-7,11,13,15-16,31H,2-3,8-10H2,1H3,(H2,29,32)(H2,30,34)(H,33,37)(H,39,40)(H,41,42,43)/b35-18-/t11-,13-,15?,16-/m0/s1. The maximum atomic E-state index is 13.8. The molecule has 0 bridgehead atoms. The van der Waals surface area contributed by atoms with Crippen LogP contribution in [0.5, 0.6) is 5.75 Å². The van der Waals surface area contributed by atoms with Gasteiger partial charge in [0.15, 0.2) is 10.8 Å². The average molecular weight is 707 g/mol. The minimum atomic E-state index is -5.10. The van der Waals surface area contributed by atoms with Crippen LogP contribution >= 0.6 is 11.3 Å². The molecule has 8 N–H and O–H groups in total. The highest BCUT2D eigenvalue weighted by atomic mass is 32.2. The highest BCUT2D eigenvalue weighted by Crippen LogP contribution is 2.38. The fourth-order valence-electron chi connectivity index (χ4n) is 4.61. The number of carboxylic acid groups (broad SMARTS) is 1. The molecule has 1 unspecified atom stereocenters. The molecule has 2 aliphatic heterocycles. The summed E-state index contributed by atoms with van der Waals surface area (Å²) in [6.07, 6.45) is -5.22. The van der Waals surface area contributed by atoms with Gasteiger partial charge < -0.3 is 36.4 Å². The van der Waals surface area contributed by atoms with Gasteiger partial charge in [0.25, 0.3) is 17.9 Å². The van der Waals surface area contributed by atoms with Crippen LogP contribution in [-0.4, -0.2) is 101 Å². The van der Waals surface area contributed by atoms with Gasteiger partial charge >= 0.3 is 22.4 Å². The first-order chi connectivity index (χ1) is 22.0. The van der Waals surface area contributed by atoms with Crippen molar-refractivity contribution < 1.29 is 55.2 Å². The topological polar surface area (TPSA) is 259 Å². The van der Waals surface area contributed by atoms with Crippen LogP contribution in [0.15, 0.2) is 29.4 Å². The van der Waals surface area contributed by atoms with Crippen molar-refractivity contribution >= 4 is 56.1 Å². The van der Waals surface area contributed by atoms with E-state index in [1.807, 2.05) is 5.32 Å². The van der Waals surface area contributed by atoms with Gasteiger partial charge in [-0.15, -0.1) is 0 Å². The van der Waals surface area contributed by atoms with E-state index in [1.165, 1.54) is 12.1 Å². The molecule has 0 aliphatic carbocycles. The predicted octanol–water partition coefficient (Wildman–Crippen LogP) is 0.182. The number of nitrogen functional groups attached to an aromatic ring is 1. The first-order valence-corrected chi connectivity index (χ1v) is 15.9. The molecule has 3 heterocycles. The Balaban J connectivity index is 1.50. The Labute approximate surface area is 268 Å². The van der Waals surface area contributed by atoms with E-state index in [2.05, 4.69) is 20.8 Å². The second-order valence-electron chi connectivity index (χ2n) is 10.3. The first-order valence-electron chi connectivity index (χ1n) is 13.7. The number of carboxylic acids is 1. The minimum Gasteiger partial charge on any atom is -0.489 e. The number of hydrogen-bond acceptors (Lipinski definition) is 13. The number of carbonyl (C=O) groups is 3. The van der Waals surface area contributed by atoms with Crippen LogP contribution in [-0.2, 0) is 35.7 Å². The number of nitrogens with two attached hydrogens (primary N) is 1. The highest BCUT2D eigenvalue weighted by Gasteiger charge is 2.52. The molecule has 1 aromatic carbocycles. The number of piperidine rings is 1. The predicted molar refractivity (Wildman–Crippen MR) is 158 cm³/mol. The molecule has 2 amide bonds. The third kappa shape index (κ3) is 8.44.